The van der Waals surface area contributed by atoms with E-state index in [1.165, 1.54) is 0 Å². The summed E-state index contributed by atoms with van der Waals surface area (Å²) >= 11 is 0. The number of carbonyl (C=O) groups excluding carboxylic acids is 1. The van der Waals surface area contributed by atoms with Crippen molar-refractivity contribution in [2.24, 2.45) is 5.41 Å². The Hall–Kier alpha value is -2.34. The number of oxazole rings is 1. The van der Waals surface area contributed by atoms with E-state index in [-0.39, 0.29) is 17.6 Å². The molecule has 1 fully saturated rings. The number of aliphatic hydroxyl groups excluding tert-OH is 1. The zero-order valence-electron chi connectivity index (χ0n) is 14.5. The minimum atomic E-state index is -0.356. The van der Waals surface area contributed by atoms with E-state index in [0.29, 0.717) is 24.7 Å². The van der Waals surface area contributed by atoms with Crippen LogP contribution in [0.5, 0.6) is 0 Å². The molecule has 2 amide bonds. The fraction of sp³-hybridized carbons (Fsp3) is 0.474. The first-order chi connectivity index (χ1) is 12.1. The van der Waals surface area contributed by atoms with Gasteiger partial charge in [-0.2, -0.15) is 0 Å². The number of benzene rings is 1. The Balaban J connectivity index is 1.47. The highest BCUT2D eigenvalue weighted by Crippen LogP contribution is 2.35. The number of hydrogen-bond acceptors (Lipinski definition) is 4. The van der Waals surface area contributed by atoms with Crippen LogP contribution in [0.25, 0.3) is 11.5 Å². The third-order valence-electron chi connectivity index (χ3n) is 4.94. The predicted molar refractivity (Wildman–Crippen MR) is 94.8 cm³/mol. The summed E-state index contributed by atoms with van der Waals surface area (Å²) in [7, 11) is 0. The predicted octanol–water partition coefficient (Wildman–Crippen LogP) is 3.08. The molecule has 25 heavy (non-hydrogen) atoms. The second-order valence-corrected chi connectivity index (χ2v) is 6.96. The van der Waals surface area contributed by atoms with Gasteiger partial charge in [0.15, 0.2) is 0 Å². The Bertz CT molecular complexity index is 701. The number of aromatic nitrogens is 1. The second kappa shape index (κ2) is 7.70. The van der Waals surface area contributed by atoms with E-state index in [1.807, 2.05) is 37.3 Å². The lowest BCUT2D eigenvalue weighted by atomic mass is 9.73. The maximum Gasteiger partial charge on any atom is 0.315 e. The van der Waals surface area contributed by atoms with E-state index in [1.54, 1.807) is 6.26 Å². The lowest BCUT2D eigenvalue weighted by Crippen LogP contribution is -2.47. The first-order valence-electron chi connectivity index (χ1n) is 8.76. The van der Waals surface area contributed by atoms with Gasteiger partial charge < -0.3 is 20.2 Å². The third-order valence-corrected chi connectivity index (χ3v) is 4.94. The fourth-order valence-electron chi connectivity index (χ4n) is 3.20. The van der Waals surface area contributed by atoms with Gasteiger partial charge >= 0.3 is 6.03 Å². The molecule has 1 aliphatic rings. The van der Waals surface area contributed by atoms with E-state index in [4.69, 9.17) is 4.42 Å². The van der Waals surface area contributed by atoms with Gasteiger partial charge in [0.05, 0.1) is 18.3 Å². The number of rotatable bonds is 5. The van der Waals surface area contributed by atoms with Crippen LogP contribution in [0.4, 0.5) is 4.79 Å². The Labute approximate surface area is 147 Å². The monoisotopic (exact) mass is 343 g/mol. The maximum atomic E-state index is 12.0. The number of nitrogens with one attached hydrogen (secondary N) is 2. The molecular formula is C19H25N3O3. The molecule has 0 spiro atoms. The van der Waals surface area contributed by atoms with Gasteiger partial charge in [-0.25, -0.2) is 9.78 Å². The largest absolute Gasteiger partial charge is 0.444 e. The summed E-state index contributed by atoms with van der Waals surface area (Å²) in [6.07, 6.45) is 5.08. The fourth-order valence-corrected chi connectivity index (χ4v) is 3.20. The molecular weight excluding hydrogens is 318 g/mol. The van der Waals surface area contributed by atoms with Crippen LogP contribution in [0, 0.1) is 5.41 Å². The quantitative estimate of drug-likeness (QED) is 0.778. The number of aliphatic hydroxyl groups is 1. The summed E-state index contributed by atoms with van der Waals surface area (Å²) in [4.78, 5) is 16.4. The molecule has 2 atom stereocenters. The highest BCUT2D eigenvalue weighted by molar-refractivity contribution is 5.73. The van der Waals surface area contributed by atoms with Gasteiger partial charge in [-0.05, 0) is 25.0 Å². The van der Waals surface area contributed by atoms with Crippen LogP contribution in [0.2, 0.25) is 0 Å². The lowest BCUT2D eigenvalue weighted by molar-refractivity contribution is 0.00308. The molecule has 1 aromatic carbocycles. The van der Waals surface area contributed by atoms with Gasteiger partial charge in [0.2, 0.25) is 5.89 Å². The molecule has 6 heteroatoms. The summed E-state index contributed by atoms with van der Waals surface area (Å²) in [5.74, 6) is 0.538. The van der Waals surface area contributed by atoms with Crippen LogP contribution in [-0.2, 0) is 6.54 Å². The van der Waals surface area contributed by atoms with Crippen LogP contribution in [0.3, 0.4) is 0 Å². The summed E-state index contributed by atoms with van der Waals surface area (Å²) in [5.41, 5.74) is 1.32. The lowest BCUT2D eigenvalue weighted by Gasteiger charge is -2.38. The van der Waals surface area contributed by atoms with Crippen LogP contribution in [0.15, 0.2) is 41.0 Å². The minimum absolute atomic E-state index is 0.246. The van der Waals surface area contributed by atoms with Gasteiger partial charge in [-0.15, -0.1) is 0 Å². The Kier molecular flexibility index (Phi) is 5.38. The van der Waals surface area contributed by atoms with Crippen LogP contribution >= 0.6 is 0 Å². The van der Waals surface area contributed by atoms with Crippen molar-refractivity contribution in [3.8, 4) is 11.5 Å². The van der Waals surface area contributed by atoms with Crippen molar-refractivity contribution < 1.29 is 14.3 Å². The molecule has 2 aromatic rings. The summed E-state index contributed by atoms with van der Waals surface area (Å²) in [6.45, 7) is 2.79. The molecule has 134 valence electrons. The van der Waals surface area contributed by atoms with Gasteiger partial charge in [-0.1, -0.05) is 38.0 Å². The van der Waals surface area contributed by atoms with Gasteiger partial charge in [0.25, 0.3) is 0 Å². The molecule has 0 bridgehead atoms. The molecule has 6 nitrogen and oxygen atoms in total. The van der Waals surface area contributed by atoms with E-state index >= 15 is 0 Å². The van der Waals surface area contributed by atoms with Crippen molar-refractivity contribution >= 4 is 6.03 Å². The van der Waals surface area contributed by atoms with Crippen LogP contribution in [0.1, 0.15) is 38.3 Å². The molecule has 0 saturated heterocycles. The van der Waals surface area contributed by atoms with Crippen molar-refractivity contribution in [1.82, 2.24) is 15.6 Å². The molecule has 1 aromatic heterocycles. The molecule has 1 heterocycles. The van der Waals surface area contributed by atoms with Gasteiger partial charge in [0.1, 0.15) is 6.26 Å². The first kappa shape index (κ1) is 17.5. The zero-order valence-corrected chi connectivity index (χ0v) is 14.5. The second-order valence-electron chi connectivity index (χ2n) is 6.96. The van der Waals surface area contributed by atoms with E-state index in [9.17, 15) is 9.90 Å². The SMILES string of the molecule is CC1(CNC(=O)NCc2coc(-c3ccccc3)n2)CCCCC1O. The topological polar surface area (TPSA) is 87.4 Å². The Morgan fingerprint density at radius 1 is 1.32 bits per heavy atom. The highest BCUT2D eigenvalue weighted by atomic mass is 16.3. The average molecular weight is 343 g/mol. The molecule has 0 radical (unpaired) electrons. The highest BCUT2D eigenvalue weighted by Gasteiger charge is 2.35. The van der Waals surface area contributed by atoms with Crippen molar-refractivity contribution in [2.75, 3.05) is 6.54 Å². The molecule has 3 N–H and O–H groups in total. The average Bonchev–Trinajstić information content (AvgIpc) is 3.11. The zero-order chi connectivity index (χ0) is 17.7. The summed E-state index contributed by atoms with van der Waals surface area (Å²) in [6, 6.07) is 9.36. The molecule has 1 saturated carbocycles. The van der Waals surface area contributed by atoms with Crippen LogP contribution < -0.4 is 10.6 Å². The third kappa shape index (κ3) is 4.39. The molecule has 2 unspecified atom stereocenters. The smallest absolute Gasteiger partial charge is 0.315 e. The number of nitrogens with zero attached hydrogens (tertiary/aromatic N) is 1. The van der Waals surface area contributed by atoms with Crippen molar-refractivity contribution in [3.05, 3.63) is 42.3 Å². The van der Waals surface area contributed by atoms with E-state index < -0.39 is 0 Å². The molecule has 3 rings (SSSR count). The first-order valence-corrected chi connectivity index (χ1v) is 8.76. The van der Waals surface area contributed by atoms with Crippen LogP contribution in [-0.4, -0.2) is 28.8 Å². The van der Waals surface area contributed by atoms with E-state index in [0.717, 1.165) is 31.2 Å². The van der Waals surface area contributed by atoms with Gasteiger partial charge in [0, 0.05) is 17.5 Å². The minimum Gasteiger partial charge on any atom is -0.444 e. The standard InChI is InChI=1S/C19H25N3O3/c1-19(10-6-5-9-16(19)23)13-21-18(24)20-11-15-12-25-17(22-15)14-7-3-2-4-8-14/h2-4,7-8,12,16,23H,5-6,9-11,13H2,1H3,(H2,20,21,24). The van der Waals surface area contributed by atoms with Crippen molar-refractivity contribution in [1.29, 1.82) is 0 Å². The van der Waals surface area contributed by atoms with Crippen molar-refractivity contribution in [3.63, 3.8) is 0 Å². The van der Waals surface area contributed by atoms with E-state index in [2.05, 4.69) is 15.6 Å². The Morgan fingerprint density at radius 2 is 2.12 bits per heavy atom. The maximum absolute atomic E-state index is 12.0. The van der Waals surface area contributed by atoms with Gasteiger partial charge in [-0.3, -0.25) is 0 Å². The van der Waals surface area contributed by atoms with Crippen molar-refractivity contribution in [2.45, 2.75) is 45.3 Å². The number of amides is 2. The number of carbonyl (C=O) groups is 1. The summed E-state index contributed by atoms with van der Waals surface area (Å²) in [5, 5.41) is 15.8. The molecule has 0 aliphatic heterocycles. The normalized spacial score (nSPS) is 23.2. The number of urea groups is 1. The summed E-state index contributed by atoms with van der Waals surface area (Å²) < 4.78 is 5.45. The number of hydrogen-bond donors (Lipinski definition) is 3. The Morgan fingerprint density at radius 3 is 2.88 bits per heavy atom. The molecule has 1 aliphatic carbocycles.